The molecule has 2 aliphatic rings. The molecule has 0 aromatic heterocycles. The first kappa shape index (κ1) is 24.6. The number of carboxylic acid groups (broad SMARTS) is 1. The Balaban J connectivity index is 2.15. The summed E-state index contributed by atoms with van der Waals surface area (Å²) in [6, 6.07) is -1.82. The SMILES string of the molecule is CC(C)C[C@H](NC(=O)OCC1C=CCCC1)C(=O)N1[C@H](C(=O)O)C(C)(C)SC1(C)C. The Morgan fingerprint density at radius 1 is 1.27 bits per heavy atom. The highest BCUT2D eigenvalue weighted by atomic mass is 32.2. The van der Waals surface area contributed by atoms with Gasteiger partial charge in [0.05, 0.1) is 11.5 Å². The summed E-state index contributed by atoms with van der Waals surface area (Å²) in [5.74, 6) is -1.08. The molecule has 0 saturated carbocycles. The lowest BCUT2D eigenvalue weighted by molar-refractivity contribution is -0.153. The van der Waals surface area contributed by atoms with E-state index in [9.17, 15) is 19.5 Å². The van der Waals surface area contributed by atoms with E-state index < -0.39 is 33.8 Å². The molecule has 0 spiro atoms. The molecule has 1 aliphatic heterocycles. The first-order valence-corrected chi connectivity index (χ1v) is 11.5. The van der Waals surface area contributed by atoms with Gasteiger partial charge in [-0.2, -0.15) is 0 Å². The molecular formula is C22H36N2O5S. The van der Waals surface area contributed by atoms with Crippen LogP contribution >= 0.6 is 11.8 Å². The summed E-state index contributed by atoms with van der Waals surface area (Å²) in [6.45, 7) is 11.6. The van der Waals surface area contributed by atoms with E-state index in [1.165, 1.54) is 16.7 Å². The van der Waals surface area contributed by atoms with Gasteiger partial charge in [0.1, 0.15) is 12.1 Å². The maximum Gasteiger partial charge on any atom is 0.407 e. The number of ether oxygens (including phenoxy) is 1. The lowest BCUT2D eigenvalue weighted by atomic mass is 9.97. The molecule has 170 valence electrons. The summed E-state index contributed by atoms with van der Waals surface area (Å²) in [5, 5.41) is 12.6. The molecule has 7 nitrogen and oxygen atoms in total. The zero-order chi connectivity index (χ0) is 22.7. The highest BCUT2D eigenvalue weighted by molar-refractivity contribution is 8.02. The summed E-state index contributed by atoms with van der Waals surface area (Å²) >= 11 is 1.45. The fraction of sp³-hybridized carbons (Fsp3) is 0.773. The van der Waals surface area contributed by atoms with E-state index in [-0.39, 0.29) is 24.3 Å². The average molecular weight is 441 g/mol. The Labute approximate surface area is 184 Å². The quantitative estimate of drug-likeness (QED) is 0.580. The number of carbonyl (C=O) groups excluding carboxylic acids is 2. The van der Waals surface area contributed by atoms with Crippen molar-refractivity contribution in [3.05, 3.63) is 12.2 Å². The van der Waals surface area contributed by atoms with E-state index in [1.54, 1.807) is 0 Å². The van der Waals surface area contributed by atoms with Gasteiger partial charge in [0, 0.05) is 10.7 Å². The number of alkyl carbamates (subject to hydrolysis) is 1. The third-order valence-electron chi connectivity index (χ3n) is 5.56. The monoisotopic (exact) mass is 440 g/mol. The number of amides is 2. The number of thioether (sulfide) groups is 1. The van der Waals surface area contributed by atoms with Crippen molar-refractivity contribution in [1.29, 1.82) is 0 Å². The number of carboxylic acids is 1. The van der Waals surface area contributed by atoms with Gasteiger partial charge in [-0.05, 0) is 59.3 Å². The van der Waals surface area contributed by atoms with Crippen LogP contribution in [0.2, 0.25) is 0 Å². The molecule has 0 aromatic carbocycles. The normalized spacial score (nSPS) is 25.8. The van der Waals surface area contributed by atoms with Gasteiger partial charge >= 0.3 is 12.1 Å². The molecule has 2 amide bonds. The third kappa shape index (κ3) is 5.93. The molecule has 1 saturated heterocycles. The van der Waals surface area contributed by atoms with Gasteiger partial charge in [0.25, 0.3) is 0 Å². The fourth-order valence-corrected chi connectivity index (χ4v) is 6.32. The molecule has 1 heterocycles. The van der Waals surface area contributed by atoms with Crippen molar-refractivity contribution in [3.63, 3.8) is 0 Å². The average Bonchev–Trinajstić information content (AvgIpc) is 2.82. The van der Waals surface area contributed by atoms with Crippen LogP contribution in [-0.2, 0) is 14.3 Å². The second-order valence-corrected chi connectivity index (χ2v) is 11.9. The standard InChI is InChI=1S/C22H36N2O5S/c1-14(2)12-16(23-20(28)29-13-15-10-8-7-9-11-15)18(25)24-17(19(26)27)21(3,4)30-22(24,5)6/h8,10,14-17H,7,9,11-13H2,1-6H3,(H,23,28)(H,26,27)/t15?,16-,17+/m0/s1. The van der Waals surface area contributed by atoms with Crippen molar-refractivity contribution in [1.82, 2.24) is 10.2 Å². The second kappa shape index (κ2) is 9.62. The van der Waals surface area contributed by atoms with Crippen LogP contribution < -0.4 is 5.32 Å². The van der Waals surface area contributed by atoms with Gasteiger partial charge in [-0.1, -0.05) is 26.0 Å². The van der Waals surface area contributed by atoms with E-state index in [0.29, 0.717) is 6.42 Å². The van der Waals surface area contributed by atoms with E-state index >= 15 is 0 Å². The molecular weight excluding hydrogens is 404 g/mol. The molecule has 2 rings (SSSR count). The number of hydrogen-bond acceptors (Lipinski definition) is 5. The van der Waals surface area contributed by atoms with Crippen LogP contribution in [-0.4, -0.2) is 56.3 Å². The van der Waals surface area contributed by atoms with Crippen molar-refractivity contribution in [3.8, 4) is 0 Å². The van der Waals surface area contributed by atoms with Gasteiger partial charge in [-0.3, -0.25) is 4.79 Å². The largest absolute Gasteiger partial charge is 0.480 e. The van der Waals surface area contributed by atoms with Crippen molar-refractivity contribution in [2.45, 2.75) is 88.9 Å². The van der Waals surface area contributed by atoms with Gasteiger partial charge in [-0.25, -0.2) is 9.59 Å². The third-order valence-corrected chi connectivity index (χ3v) is 7.01. The smallest absolute Gasteiger partial charge is 0.407 e. The van der Waals surface area contributed by atoms with Crippen LogP contribution in [0.1, 0.15) is 67.2 Å². The first-order valence-electron chi connectivity index (χ1n) is 10.7. The van der Waals surface area contributed by atoms with Crippen LogP contribution in [0.15, 0.2) is 12.2 Å². The van der Waals surface area contributed by atoms with Crippen LogP contribution in [0.25, 0.3) is 0 Å². The molecule has 1 aliphatic carbocycles. The van der Waals surface area contributed by atoms with Crippen LogP contribution in [0, 0.1) is 11.8 Å². The minimum absolute atomic E-state index is 0.134. The molecule has 0 aromatic rings. The molecule has 0 bridgehead atoms. The summed E-state index contributed by atoms with van der Waals surface area (Å²) in [4.78, 5) is 38.7. The van der Waals surface area contributed by atoms with Crippen molar-refractivity contribution < 1.29 is 24.2 Å². The predicted octanol–water partition coefficient (Wildman–Crippen LogP) is 4.03. The molecule has 1 fully saturated rings. The highest BCUT2D eigenvalue weighted by Crippen LogP contribution is 2.51. The maximum absolute atomic E-state index is 13.5. The molecule has 3 atom stereocenters. The Morgan fingerprint density at radius 2 is 1.93 bits per heavy atom. The van der Waals surface area contributed by atoms with Crippen LogP contribution in [0.4, 0.5) is 4.79 Å². The minimum atomic E-state index is -1.04. The lowest BCUT2D eigenvalue weighted by Crippen LogP contribution is -2.59. The first-order chi connectivity index (χ1) is 13.8. The second-order valence-electron chi connectivity index (χ2n) is 9.65. The minimum Gasteiger partial charge on any atom is -0.480 e. The van der Waals surface area contributed by atoms with E-state index in [0.717, 1.165) is 19.3 Å². The zero-order valence-electron chi connectivity index (χ0n) is 18.9. The Kier molecular flexibility index (Phi) is 7.88. The van der Waals surface area contributed by atoms with Gasteiger partial charge < -0.3 is 20.1 Å². The number of hydrogen-bond donors (Lipinski definition) is 2. The molecule has 2 N–H and O–H groups in total. The Bertz CT molecular complexity index is 689. The summed E-state index contributed by atoms with van der Waals surface area (Å²) in [5.41, 5.74) is 0. The van der Waals surface area contributed by atoms with Crippen molar-refractivity contribution in [2.75, 3.05) is 6.61 Å². The number of carbonyl (C=O) groups is 3. The summed E-state index contributed by atoms with van der Waals surface area (Å²) in [6.07, 6.45) is 7.04. The molecule has 8 heteroatoms. The van der Waals surface area contributed by atoms with Crippen molar-refractivity contribution in [2.24, 2.45) is 11.8 Å². The Morgan fingerprint density at radius 3 is 2.47 bits per heavy atom. The van der Waals surface area contributed by atoms with Gasteiger partial charge in [0.15, 0.2) is 0 Å². The topological polar surface area (TPSA) is 95.9 Å². The highest BCUT2D eigenvalue weighted by Gasteiger charge is 2.58. The fourth-order valence-electron chi connectivity index (χ4n) is 4.42. The van der Waals surface area contributed by atoms with Crippen LogP contribution in [0.5, 0.6) is 0 Å². The van der Waals surface area contributed by atoms with E-state index in [1.807, 2.05) is 41.5 Å². The van der Waals surface area contributed by atoms with Gasteiger partial charge in [0.2, 0.25) is 5.91 Å². The van der Waals surface area contributed by atoms with E-state index in [4.69, 9.17) is 4.74 Å². The van der Waals surface area contributed by atoms with Crippen LogP contribution in [0.3, 0.4) is 0 Å². The molecule has 1 unspecified atom stereocenters. The number of rotatable bonds is 7. The van der Waals surface area contributed by atoms with Crippen molar-refractivity contribution >= 4 is 29.7 Å². The number of allylic oxidation sites excluding steroid dienone is 1. The number of aliphatic carboxylic acids is 1. The zero-order valence-corrected chi connectivity index (χ0v) is 19.8. The predicted molar refractivity (Wildman–Crippen MR) is 118 cm³/mol. The molecule has 30 heavy (non-hydrogen) atoms. The summed E-state index contributed by atoms with van der Waals surface area (Å²) < 4.78 is 4.73. The van der Waals surface area contributed by atoms with Gasteiger partial charge in [-0.15, -0.1) is 11.8 Å². The Hall–Kier alpha value is -1.70. The number of nitrogens with one attached hydrogen (secondary N) is 1. The van der Waals surface area contributed by atoms with E-state index in [2.05, 4.69) is 17.5 Å². The summed E-state index contributed by atoms with van der Waals surface area (Å²) in [7, 11) is 0. The maximum atomic E-state index is 13.5. The molecule has 0 radical (unpaired) electrons. The lowest BCUT2D eigenvalue weighted by Gasteiger charge is -2.36. The number of nitrogens with zero attached hydrogens (tertiary/aromatic N) is 1.